The van der Waals surface area contributed by atoms with Crippen LogP contribution in [0.25, 0.3) is 0 Å². The number of urea groups is 1. The Bertz CT molecular complexity index is 1070. The molecule has 1 saturated heterocycles. The van der Waals surface area contributed by atoms with Gasteiger partial charge in [0.25, 0.3) is 0 Å². The first-order chi connectivity index (χ1) is 15.4. The van der Waals surface area contributed by atoms with E-state index in [1.807, 2.05) is 49.4 Å². The number of ketones is 1. The van der Waals surface area contributed by atoms with Gasteiger partial charge in [-0.25, -0.2) is 4.79 Å². The number of benzene rings is 2. The van der Waals surface area contributed by atoms with Gasteiger partial charge in [0.05, 0.1) is 0 Å². The number of para-hydroxylation sites is 1. The van der Waals surface area contributed by atoms with Gasteiger partial charge in [0.2, 0.25) is 11.8 Å². The van der Waals surface area contributed by atoms with Crippen molar-refractivity contribution >= 4 is 35.0 Å². The molecule has 0 radical (unpaired) electrons. The minimum absolute atomic E-state index is 0.0159. The van der Waals surface area contributed by atoms with Gasteiger partial charge in [0.15, 0.2) is 5.78 Å². The van der Waals surface area contributed by atoms with E-state index in [2.05, 4.69) is 21.3 Å². The number of piperidine rings is 1. The molecule has 4 N–H and O–H groups in total. The molecule has 2 unspecified atom stereocenters. The van der Waals surface area contributed by atoms with Gasteiger partial charge in [-0.05, 0) is 55.2 Å². The molecule has 2 aliphatic rings. The number of anilines is 2. The normalized spacial score (nSPS) is 19.8. The van der Waals surface area contributed by atoms with Crippen LogP contribution in [0, 0.1) is 18.8 Å². The average molecular weight is 434 g/mol. The molecule has 166 valence electrons. The van der Waals surface area contributed by atoms with Crippen LogP contribution in [0.1, 0.15) is 34.3 Å². The van der Waals surface area contributed by atoms with Crippen LogP contribution in [0.3, 0.4) is 0 Å². The van der Waals surface area contributed by atoms with Crippen molar-refractivity contribution in [3.63, 3.8) is 0 Å². The molecule has 4 rings (SSSR count). The summed E-state index contributed by atoms with van der Waals surface area (Å²) in [5, 5.41) is 11.2. The van der Waals surface area contributed by atoms with Gasteiger partial charge in [-0.2, -0.15) is 0 Å². The van der Waals surface area contributed by atoms with Gasteiger partial charge < -0.3 is 16.0 Å². The second-order valence-electron chi connectivity index (χ2n) is 8.23. The van der Waals surface area contributed by atoms with Crippen molar-refractivity contribution in [2.24, 2.45) is 11.8 Å². The lowest BCUT2D eigenvalue weighted by Crippen LogP contribution is -2.44. The van der Waals surface area contributed by atoms with Gasteiger partial charge in [-0.1, -0.05) is 18.2 Å². The Morgan fingerprint density at radius 1 is 1.03 bits per heavy atom. The van der Waals surface area contributed by atoms with Crippen LogP contribution in [0.5, 0.6) is 0 Å². The fraction of sp³-hybridized carbons (Fsp3) is 0.333. The predicted octanol–water partition coefficient (Wildman–Crippen LogP) is 2.64. The van der Waals surface area contributed by atoms with E-state index < -0.39 is 11.8 Å². The third-order valence-corrected chi connectivity index (χ3v) is 5.98. The fourth-order valence-corrected chi connectivity index (χ4v) is 4.49. The Balaban J connectivity index is 1.32. The number of amides is 4. The largest absolute Gasteiger partial charge is 0.383 e. The molecular weight excluding hydrogens is 408 g/mol. The summed E-state index contributed by atoms with van der Waals surface area (Å²) >= 11 is 0. The van der Waals surface area contributed by atoms with E-state index in [0.717, 1.165) is 22.5 Å². The molecule has 1 aliphatic carbocycles. The van der Waals surface area contributed by atoms with Crippen molar-refractivity contribution in [1.29, 1.82) is 0 Å². The molecule has 8 nitrogen and oxygen atoms in total. The first-order valence-electron chi connectivity index (χ1n) is 10.8. The highest BCUT2D eigenvalue weighted by molar-refractivity contribution is 6.08. The van der Waals surface area contributed by atoms with Crippen LogP contribution >= 0.6 is 0 Å². The smallest absolute Gasteiger partial charge is 0.319 e. The number of rotatable bonds is 6. The molecule has 0 saturated carbocycles. The third kappa shape index (κ3) is 4.64. The van der Waals surface area contributed by atoms with E-state index in [4.69, 9.17) is 0 Å². The quantitative estimate of drug-likeness (QED) is 0.412. The van der Waals surface area contributed by atoms with Crippen molar-refractivity contribution < 1.29 is 19.2 Å². The Morgan fingerprint density at radius 3 is 2.56 bits per heavy atom. The number of nitrogens with one attached hydrogen (secondary N) is 4. The maximum Gasteiger partial charge on any atom is 0.319 e. The zero-order valence-electron chi connectivity index (χ0n) is 17.9. The highest BCUT2D eigenvalue weighted by Gasteiger charge is 2.42. The second kappa shape index (κ2) is 9.21. The van der Waals surface area contributed by atoms with Crippen molar-refractivity contribution in [2.75, 3.05) is 23.7 Å². The number of hydrogen-bond donors (Lipinski definition) is 4. The molecule has 2 aromatic rings. The molecule has 1 heterocycles. The number of carbonyl (C=O) groups is 4. The van der Waals surface area contributed by atoms with E-state index in [9.17, 15) is 19.2 Å². The monoisotopic (exact) mass is 434 g/mol. The number of Topliss-reactive ketones (excluding diaryl/α,β-unsaturated/α-hetero) is 1. The van der Waals surface area contributed by atoms with Crippen molar-refractivity contribution in [3.05, 3.63) is 59.2 Å². The van der Waals surface area contributed by atoms with Gasteiger partial charge in [0.1, 0.15) is 0 Å². The lowest BCUT2D eigenvalue weighted by molar-refractivity contribution is -0.137. The summed E-state index contributed by atoms with van der Waals surface area (Å²) in [7, 11) is 0. The van der Waals surface area contributed by atoms with E-state index >= 15 is 0 Å². The molecule has 8 heteroatoms. The molecule has 1 fully saturated rings. The summed E-state index contributed by atoms with van der Waals surface area (Å²) in [6.07, 6.45) is 1.18. The summed E-state index contributed by atoms with van der Waals surface area (Å²) in [6, 6.07) is 12.8. The number of imide groups is 1. The topological polar surface area (TPSA) is 116 Å². The van der Waals surface area contributed by atoms with Gasteiger partial charge in [0, 0.05) is 48.3 Å². The Morgan fingerprint density at radius 2 is 1.81 bits per heavy atom. The average Bonchev–Trinajstić information content (AvgIpc) is 3.08. The van der Waals surface area contributed by atoms with Crippen molar-refractivity contribution in [2.45, 2.75) is 26.2 Å². The van der Waals surface area contributed by atoms with Gasteiger partial charge in [-0.3, -0.25) is 19.7 Å². The molecular formula is C24H26N4O4. The molecule has 2 aromatic carbocycles. The maximum atomic E-state index is 13.0. The lowest BCUT2D eigenvalue weighted by atomic mass is 9.82. The van der Waals surface area contributed by atoms with Crippen LogP contribution < -0.4 is 21.3 Å². The molecule has 2 atom stereocenters. The minimum Gasteiger partial charge on any atom is -0.383 e. The van der Waals surface area contributed by atoms with Crippen LogP contribution in [0.4, 0.5) is 16.2 Å². The predicted molar refractivity (Wildman–Crippen MR) is 121 cm³/mol. The first-order valence-corrected chi connectivity index (χ1v) is 10.8. The molecule has 0 bridgehead atoms. The van der Waals surface area contributed by atoms with Crippen LogP contribution in [0.15, 0.2) is 42.5 Å². The number of carbonyl (C=O) groups excluding carboxylic acids is 4. The van der Waals surface area contributed by atoms with Gasteiger partial charge in [-0.15, -0.1) is 0 Å². The Hall–Kier alpha value is -3.68. The van der Waals surface area contributed by atoms with Crippen LogP contribution in [-0.2, 0) is 16.0 Å². The van der Waals surface area contributed by atoms with Crippen molar-refractivity contribution in [1.82, 2.24) is 10.6 Å². The summed E-state index contributed by atoms with van der Waals surface area (Å²) in [5.41, 5.74) is 4.05. The highest BCUT2D eigenvalue weighted by Crippen LogP contribution is 2.37. The van der Waals surface area contributed by atoms with Crippen LogP contribution in [-0.4, -0.2) is 36.7 Å². The molecule has 0 spiro atoms. The number of fused-ring (bicyclic) bond motifs is 1. The zero-order chi connectivity index (χ0) is 22.7. The molecule has 4 amide bonds. The molecule has 1 aliphatic heterocycles. The summed E-state index contributed by atoms with van der Waals surface area (Å²) < 4.78 is 0. The number of hydrogen-bond acceptors (Lipinski definition) is 5. The van der Waals surface area contributed by atoms with E-state index in [-0.39, 0.29) is 30.0 Å². The standard InChI is InChI=1S/C24H26N4O4/c1-14-11-17(25-9-10-26-24(32)27-16-5-3-2-4-6-16)12-15-13-19(22(30)21(14)15)18-7-8-20(29)28-23(18)31/h2-6,11-12,18-19,25H,7-10,13H2,1H3,(H2,26,27,32)(H,28,29,31). The maximum absolute atomic E-state index is 13.0. The Kier molecular flexibility index (Phi) is 6.20. The fourth-order valence-electron chi connectivity index (χ4n) is 4.49. The van der Waals surface area contributed by atoms with Crippen molar-refractivity contribution in [3.8, 4) is 0 Å². The molecule has 32 heavy (non-hydrogen) atoms. The first kappa shape index (κ1) is 21.5. The minimum atomic E-state index is -0.462. The van der Waals surface area contributed by atoms with E-state index in [1.165, 1.54) is 0 Å². The second-order valence-corrected chi connectivity index (χ2v) is 8.23. The van der Waals surface area contributed by atoms with Crippen LogP contribution in [0.2, 0.25) is 0 Å². The third-order valence-electron chi connectivity index (χ3n) is 5.98. The summed E-state index contributed by atoms with van der Waals surface area (Å²) in [6.45, 7) is 2.83. The zero-order valence-corrected chi connectivity index (χ0v) is 17.9. The summed E-state index contributed by atoms with van der Waals surface area (Å²) in [5.74, 6) is -1.52. The van der Waals surface area contributed by atoms with E-state index in [1.54, 1.807) is 0 Å². The molecule has 0 aromatic heterocycles. The number of aryl methyl sites for hydroxylation is 1. The highest BCUT2D eigenvalue weighted by atomic mass is 16.2. The lowest BCUT2D eigenvalue weighted by Gasteiger charge is -2.24. The van der Waals surface area contributed by atoms with E-state index in [0.29, 0.717) is 31.5 Å². The summed E-state index contributed by atoms with van der Waals surface area (Å²) in [4.78, 5) is 48.6. The van der Waals surface area contributed by atoms with Gasteiger partial charge >= 0.3 is 6.03 Å². The Labute approximate surface area is 186 Å². The SMILES string of the molecule is Cc1cc(NCCNC(=O)Nc2ccccc2)cc2c1C(=O)C(C1CCC(=O)NC1=O)C2.